The van der Waals surface area contributed by atoms with E-state index in [4.69, 9.17) is 0 Å². The third-order valence-electron chi connectivity index (χ3n) is 6.31. The van der Waals surface area contributed by atoms with E-state index in [-0.39, 0.29) is 5.41 Å². The number of hydrogen-bond acceptors (Lipinski definition) is 1. The molecule has 0 spiro atoms. The fourth-order valence-electron chi connectivity index (χ4n) is 4.67. The number of rotatable bonds is 0. The highest BCUT2D eigenvalue weighted by molar-refractivity contribution is 5.09. The molecule has 0 aromatic carbocycles. The van der Waals surface area contributed by atoms with Gasteiger partial charge in [-0.2, -0.15) is 0 Å². The smallest absolute Gasteiger partial charge is 0.0653 e. The largest absolute Gasteiger partial charge is 0.390 e. The van der Waals surface area contributed by atoms with Crippen molar-refractivity contribution in [1.29, 1.82) is 0 Å². The molecule has 0 amide bonds. The molecule has 2 aliphatic carbocycles. The van der Waals surface area contributed by atoms with Crippen LogP contribution in [0, 0.1) is 17.3 Å². The molecular formula is C20H34O. The predicted octanol–water partition coefficient (Wildman–Crippen LogP) is 5.65. The summed E-state index contributed by atoms with van der Waals surface area (Å²) in [5.74, 6) is 1.11. The summed E-state index contributed by atoms with van der Waals surface area (Å²) < 4.78 is 0. The Morgan fingerprint density at radius 2 is 1.67 bits per heavy atom. The zero-order valence-corrected chi connectivity index (χ0v) is 14.7. The summed E-state index contributed by atoms with van der Waals surface area (Å²) in [6.45, 7) is 11.4. The molecule has 0 aliphatic heterocycles. The Morgan fingerprint density at radius 3 is 2.38 bits per heavy atom. The van der Waals surface area contributed by atoms with Gasteiger partial charge in [-0.25, -0.2) is 0 Å². The summed E-state index contributed by atoms with van der Waals surface area (Å²) >= 11 is 0. The van der Waals surface area contributed by atoms with Gasteiger partial charge in [-0.3, -0.25) is 0 Å². The van der Waals surface area contributed by atoms with Crippen LogP contribution in [-0.2, 0) is 0 Å². The highest BCUT2D eigenvalue weighted by Gasteiger charge is 2.49. The molecule has 1 heteroatoms. The van der Waals surface area contributed by atoms with Crippen molar-refractivity contribution in [3.63, 3.8) is 0 Å². The average Bonchev–Trinajstić information content (AvgIpc) is 2.35. The van der Waals surface area contributed by atoms with E-state index < -0.39 is 5.60 Å². The highest BCUT2D eigenvalue weighted by Crippen LogP contribution is 2.53. The van der Waals surface area contributed by atoms with Gasteiger partial charge in [0.15, 0.2) is 0 Å². The maximum absolute atomic E-state index is 10.9. The van der Waals surface area contributed by atoms with Crippen LogP contribution in [0.3, 0.4) is 0 Å². The van der Waals surface area contributed by atoms with Gasteiger partial charge >= 0.3 is 0 Å². The van der Waals surface area contributed by atoms with E-state index in [2.05, 4.69) is 46.8 Å². The first-order chi connectivity index (χ1) is 9.73. The van der Waals surface area contributed by atoms with Gasteiger partial charge in [0.25, 0.3) is 0 Å². The first-order valence-corrected chi connectivity index (χ1v) is 8.77. The Labute approximate surface area is 131 Å². The van der Waals surface area contributed by atoms with Crippen LogP contribution in [0.15, 0.2) is 23.3 Å². The second-order valence-corrected chi connectivity index (χ2v) is 8.38. The lowest BCUT2D eigenvalue weighted by molar-refractivity contribution is -0.118. The lowest BCUT2D eigenvalue weighted by Gasteiger charge is -2.53. The van der Waals surface area contributed by atoms with Crippen LogP contribution < -0.4 is 0 Å². The molecule has 0 aromatic rings. The Morgan fingerprint density at radius 1 is 1.00 bits per heavy atom. The molecule has 2 bridgehead atoms. The lowest BCUT2D eigenvalue weighted by atomic mass is 9.54. The minimum atomic E-state index is -0.497. The maximum atomic E-state index is 10.9. The summed E-state index contributed by atoms with van der Waals surface area (Å²) in [4.78, 5) is 0. The lowest BCUT2D eigenvalue weighted by Crippen LogP contribution is -2.51. The molecular weight excluding hydrogens is 256 g/mol. The highest BCUT2D eigenvalue weighted by atomic mass is 16.3. The van der Waals surface area contributed by atoms with E-state index in [0.29, 0.717) is 11.8 Å². The zero-order valence-electron chi connectivity index (χ0n) is 14.7. The molecule has 2 rings (SSSR count). The van der Waals surface area contributed by atoms with Crippen molar-refractivity contribution in [2.24, 2.45) is 17.3 Å². The molecule has 0 saturated heterocycles. The van der Waals surface area contributed by atoms with Crippen molar-refractivity contribution in [1.82, 2.24) is 0 Å². The van der Waals surface area contributed by atoms with Crippen molar-refractivity contribution >= 4 is 0 Å². The van der Waals surface area contributed by atoms with E-state index in [0.717, 1.165) is 25.7 Å². The van der Waals surface area contributed by atoms with Crippen LogP contribution in [0.1, 0.15) is 79.6 Å². The number of allylic oxidation sites excluding steroid dienone is 4. The van der Waals surface area contributed by atoms with Crippen molar-refractivity contribution in [3.05, 3.63) is 23.3 Å². The maximum Gasteiger partial charge on any atom is 0.0653 e. The van der Waals surface area contributed by atoms with Crippen LogP contribution in [0.25, 0.3) is 0 Å². The molecule has 1 saturated carbocycles. The predicted molar refractivity (Wildman–Crippen MR) is 91.2 cm³/mol. The quantitative estimate of drug-likeness (QED) is 0.572. The molecule has 21 heavy (non-hydrogen) atoms. The number of hydrogen-bond donors (Lipinski definition) is 1. The second-order valence-electron chi connectivity index (χ2n) is 8.38. The van der Waals surface area contributed by atoms with Gasteiger partial charge < -0.3 is 5.11 Å². The van der Waals surface area contributed by atoms with Crippen molar-refractivity contribution in [3.8, 4) is 0 Å². The van der Waals surface area contributed by atoms with Gasteiger partial charge in [0, 0.05) is 0 Å². The van der Waals surface area contributed by atoms with Gasteiger partial charge in [0.2, 0.25) is 0 Å². The average molecular weight is 290 g/mol. The Hall–Kier alpha value is -0.560. The number of fused-ring (bicyclic) bond motifs is 2. The molecule has 1 fully saturated rings. The third kappa shape index (κ3) is 3.80. The standard InChI is InChI=1S/C20H34O/c1-15-7-6-8-16(2)10-12-18-19(3,4)17(11-9-15)13-14-20(18,5)21/h8-9,17-18,21H,6-7,10-14H2,1-5H3/b15-9+,16-8+/t17-,18+,20-/m1/s1. The molecule has 0 radical (unpaired) electrons. The molecule has 2 aliphatic rings. The van der Waals surface area contributed by atoms with Crippen molar-refractivity contribution in [2.45, 2.75) is 85.2 Å². The third-order valence-corrected chi connectivity index (χ3v) is 6.31. The Balaban J connectivity index is 2.30. The minimum Gasteiger partial charge on any atom is -0.390 e. The first-order valence-electron chi connectivity index (χ1n) is 8.77. The van der Waals surface area contributed by atoms with Gasteiger partial charge in [-0.15, -0.1) is 0 Å². The second kappa shape index (κ2) is 6.28. The SMILES string of the molecule is C/C1=C\C[C@@H]2CC[C@@](C)(O)[C@@H](CC/C(C)=C/CC1)C2(C)C. The van der Waals surface area contributed by atoms with Crippen molar-refractivity contribution in [2.75, 3.05) is 0 Å². The molecule has 1 nitrogen and oxygen atoms in total. The Bertz CT molecular complexity index is 425. The fourth-order valence-corrected chi connectivity index (χ4v) is 4.67. The summed E-state index contributed by atoms with van der Waals surface area (Å²) in [6.07, 6.45) is 12.8. The van der Waals surface area contributed by atoms with Gasteiger partial charge in [-0.05, 0) is 83.0 Å². The van der Waals surface area contributed by atoms with E-state index in [1.54, 1.807) is 0 Å². The topological polar surface area (TPSA) is 20.2 Å². The van der Waals surface area contributed by atoms with Crippen LogP contribution in [0.5, 0.6) is 0 Å². The molecule has 0 unspecified atom stereocenters. The van der Waals surface area contributed by atoms with Gasteiger partial charge in [-0.1, -0.05) is 37.1 Å². The van der Waals surface area contributed by atoms with Gasteiger partial charge in [0.1, 0.15) is 0 Å². The summed E-state index contributed by atoms with van der Waals surface area (Å²) in [5, 5.41) is 10.9. The monoisotopic (exact) mass is 290 g/mol. The summed E-state index contributed by atoms with van der Waals surface area (Å²) in [5.41, 5.74) is 2.75. The van der Waals surface area contributed by atoms with E-state index in [1.165, 1.54) is 30.4 Å². The summed E-state index contributed by atoms with van der Waals surface area (Å²) in [7, 11) is 0. The van der Waals surface area contributed by atoms with Crippen LogP contribution in [-0.4, -0.2) is 10.7 Å². The number of aliphatic hydroxyl groups is 1. The molecule has 0 aromatic heterocycles. The normalized spacial score (nSPS) is 42.8. The molecule has 1 N–H and O–H groups in total. The fraction of sp³-hybridized carbons (Fsp3) is 0.800. The van der Waals surface area contributed by atoms with E-state index >= 15 is 0 Å². The van der Waals surface area contributed by atoms with E-state index in [1.807, 2.05) is 0 Å². The van der Waals surface area contributed by atoms with Crippen LogP contribution in [0.2, 0.25) is 0 Å². The van der Waals surface area contributed by atoms with Crippen molar-refractivity contribution < 1.29 is 5.11 Å². The van der Waals surface area contributed by atoms with Crippen LogP contribution in [0.4, 0.5) is 0 Å². The molecule has 3 atom stereocenters. The summed E-state index contributed by atoms with van der Waals surface area (Å²) in [6, 6.07) is 0. The zero-order chi connectivity index (χ0) is 15.7. The molecule has 120 valence electrons. The van der Waals surface area contributed by atoms with Gasteiger partial charge in [0.05, 0.1) is 5.60 Å². The Kier molecular flexibility index (Phi) is 5.03. The van der Waals surface area contributed by atoms with Crippen LogP contribution >= 0.6 is 0 Å². The molecule has 0 heterocycles. The first kappa shape index (κ1) is 16.8. The minimum absolute atomic E-state index is 0.220. The van der Waals surface area contributed by atoms with E-state index in [9.17, 15) is 5.11 Å².